The van der Waals surface area contributed by atoms with Gasteiger partial charge in [-0.3, -0.25) is 4.90 Å². The topological polar surface area (TPSA) is 54.0 Å². The third-order valence-electron chi connectivity index (χ3n) is 4.91. The van der Waals surface area contributed by atoms with Gasteiger partial charge in [0.2, 0.25) is 6.79 Å². The molecule has 0 aliphatic carbocycles. The van der Waals surface area contributed by atoms with Crippen LogP contribution in [-0.2, 0) is 6.42 Å². The van der Waals surface area contributed by atoms with E-state index < -0.39 is 0 Å². The first kappa shape index (κ1) is 17.9. The molecule has 1 N–H and O–H groups in total. The van der Waals surface area contributed by atoms with Crippen molar-refractivity contribution in [3.05, 3.63) is 53.1 Å². The highest BCUT2D eigenvalue weighted by atomic mass is 35.5. The summed E-state index contributed by atoms with van der Waals surface area (Å²) < 4.78 is 10.6. The molecule has 0 unspecified atom stereocenters. The number of halogens is 1. The van der Waals surface area contributed by atoms with E-state index in [9.17, 15) is 4.79 Å². The van der Waals surface area contributed by atoms with Crippen LogP contribution in [0.1, 0.15) is 5.56 Å². The molecule has 6 nitrogen and oxygen atoms in total. The summed E-state index contributed by atoms with van der Waals surface area (Å²) in [4.78, 5) is 16.7. The molecular formula is C20H22ClN3O3. The third-order valence-corrected chi connectivity index (χ3v) is 5.17. The number of rotatable bonds is 4. The average molecular weight is 388 g/mol. The molecule has 0 aromatic heterocycles. The van der Waals surface area contributed by atoms with Crippen LogP contribution in [0.5, 0.6) is 11.5 Å². The molecule has 2 aliphatic heterocycles. The first-order chi connectivity index (χ1) is 13.2. The fourth-order valence-corrected chi connectivity index (χ4v) is 3.42. The van der Waals surface area contributed by atoms with Gasteiger partial charge in [-0.25, -0.2) is 4.79 Å². The molecule has 2 amide bonds. The van der Waals surface area contributed by atoms with E-state index in [0.717, 1.165) is 49.9 Å². The molecule has 0 bridgehead atoms. The van der Waals surface area contributed by atoms with Crippen molar-refractivity contribution in [3.63, 3.8) is 0 Å². The molecule has 0 radical (unpaired) electrons. The molecular weight excluding hydrogens is 366 g/mol. The Labute approximate surface area is 163 Å². The Morgan fingerprint density at radius 2 is 1.74 bits per heavy atom. The number of benzene rings is 2. The van der Waals surface area contributed by atoms with Crippen molar-refractivity contribution in [1.82, 2.24) is 9.80 Å². The van der Waals surface area contributed by atoms with Crippen molar-refractivity contribution < 1.29 is 14.3 Å². The van der Waals surface area contributed by atoms with Crippen molar-refractivity contribution in [2.45, 2.75) is 6.42 Å². The summed E-state index contributed by atoms with van der Waals surface area (Å²) >= 11 is 5.92. The van der Waals surface area contributed by atoms with Crippen LogP contribution in [0.4, 0.5) is 10.5 Å². The van der Waals surface area contributed by atoms with Gasteiger partial charge < -0.3 is 19.7 Å². The van der Waals surface area contributed by atoms with Crippen LogP contribution >= 0.6 is 11.6 Å². The maximum atomic E-state index is 12.5. The number of carbonyl (C=O) groups excluding carboxylic acids is 1. The van der Waals surface area contributed by atoms with E-state index in [1.165, 1.54) is 5.56 Å². The second-order valence-corrected chi connectivity index (χ2v) is 7.14. The Bertz CT molecular complexity index is 805. The molecule has 2 aliphatic rings. The number of anilines is 1. The maximum Gasteiger partial charge on any atom is 0.321 e. The van der Waals surface area contributed by atoms with Gasteiger partial charge in [0.05, 0.1) is 0 Å². The Balaban J connectivity index is 1.23. The number of hydrogen-bond donors (Lipinski definition) is 1. The van der Waals surface area contributed by atoms with Crippen molar-refractivity contribution >= 4 is 23.3 Å². The molecule has 0 spiro atoms. The van der Waals surface area contributed by atoms with Crippen molar-refractivity contribution in [3.8, 4) is 11.5 Å². The number of fused-ring (bicyclic) bond motifs is 1. The fourth-order valence-electron chi connectivity index (χ4n) is 3.29. The Morgan fingerprint density at radius 1 is 1.00 bits per heavy atom. The summed E-state index contributed by atoms with van der Waals surface area (Å²) in [5.74, 6) is 1.38. The van der Waals surface area contributed by atoms with Gasteiger partial charge in [0.25, 0.3) is 0 Å². The zero-order chi connectivity index (χ0) is 18.6. The number of nitrogens with one attached hydrogen (secondary N) is 1. The first-order valence-corrected chi connectivity index (χ1v) is 9.47. The molecule has 4 rings (SSSR count). The molecule has 2 aromatic carbocycles. The molecule has 142 valence electrons. The van der Waals surface area contributed by atoms with Gasteiger partial charge >= 0.3 is 6.03 Å². The lowest BCUT2D eigenvalue weighted by atomic mass is 10.1. The lowest BCUT2D eigenvalue weighted by Gasteiger charge is -2.34. The number of amides is 2. The van der Waals surface area contributed by atoms with E-state index in [0.29, 0.717) is 11.5 Å². The predicted octanol–water partition coefficient (Wildman–Crippen LogP) is 3.46. The largest absolute Gasteiger partial charge is 0.454 e. The van der Waals surface area contributed by atoms with Gasteiger partial charge in [-0.2, -0.15) is 0 Å². The van der Waals surface area contributed by atoms with Crippen molar-refractivity contribution in [1.29, 1.82) is 0 Å². The second-order valence-electron chi connectivity index (χ2n) is 6.70. The molecule has 7 heteroatoms. The highest BCUT2D eigenvalue weighted by Gasteiger charge is 2.21. The Hall–Kier alpha value is -2.44. The highest BCUT2D eigenvalue weighted by molar-refractivity contribution is 6.30. The van der Waals surface area contributed by atoms with Gasteiger partial charge in [-0.05, 0) is 36.2 Å². The van der Waals surface area contributed by atoms with E-state index in [-0.39, 0.29) is 12.8 Å². The number of ether oxygens (including phenoxy) is 2. The van der Waals surface area contributed by atoms with Crippen molar-refractivity contribution in [2.75, 3.05) is 44.8 Å². The lowest BCUT2D eigenvalue weighted by Crippen LogP contribution is -2.50. The maximum absolute atomic E-state index is 12.5. The highest BCUT2D eigenvalue weighted by Crippen LogP contribution is 2.34. The summed E-state index contributed by atoms with van der Waals surface area (Å²) in [5, 5.41) is 3.70. The zero-order valence-corrected chi connectivity index (χ0v) is 15.7. The number of carbonyl (C=O) groups is 1. The average Bonchev–Trinajstić information content (AvgIpc) is 3.16. The third kappa shape index (κ3) is 4.46. The van der Waals surface area contributed by atoms with Crippen LogP contribution in [0.25, 0.3) is 0 Å². The Morgan fingerprint density at radius 3 is 2.52 bits per heavy atom. The molecule has 0 saturated carbocycles. The summed E-state index contributed by atoms with van der Waals surface area (Å²) in [6.45, 7) is 4.41. The minimum Gasteiger partial charge on any atom is -0.454 e. The molecule has 1 fully saturated rings. The number of hydrogen-bond acceptors (Lipinski definition) is 4. The van der Waals surface area contributed by atoms with Crippen LogP contribution in [0.3, 0.4) is 0 Å². The smallest absolute Gasteiger partial charge is 0.321 e. The summed E-state index contributed by atoms with van der Waals surface area (Å²) in [5.41, 5.74) is 2.00. The van der Waals surface area contributed by atoms with Gasteiger partial charge in [-0.1, -0.05) is 23.7 Å². The van der Waals surface area contributed by atoms with Gasteiger partial charge in [-0.15, -0.1) is 0 Å². The normalized spacial score (nSPS) is 16.4. The minimum atomic E-state index is -0.0776. The number of piperazine rings is 1. The summed E-state index contributed by atoms with van der Waals surface area (Å²) in [6.07, 6.45) is 0.987. The molecule has 1 saturated heterocycles. The van der Waals surface area contributed by atoms with Crippen LogP contribution in [-0.4, -0.2) is 55.3 Å². The zero-order valence-electron chi connectivity index (χ0n) is 15.0. The van der Waals surface area contributed by atoms with Gasteiger partial charge in [0.1, 0.15) is 0 Å². The van der Waals surface area contributed by atoms with E-state index in [1.54, 1.807) is 6.07 Å². The number of urea groups is 1. The van der Waals surface area contributed by atoms with Gasteiger partial charge in [0, 0.05) is 49.5 Å². The summed E-state index contributed by atoms with van der Waals surface area (Å²) in [6, 6.07) is 13.3. The fraction of sp³-hybridized carbons (Fsp3) is 0.350. The lowest BCUT2D eigenvalue weighted by molar-refractivity contribution is 0.148. The summed E-state index contributed by atoms with van der Waals surface area (Å²) in [7, 11) is 0. The molecule has 2 aromatic rings. The molecule has 2 heterocycles. The van der Waals surface area contributed by atoms with Crippen LogP contribution in [0.2, 0.25) is 5.02 Å². The van der Waals surface area contributed by atoms with Crippen LogP contribution < -0.4 is 14.8 Å². The van der Waals surface area contributed by atoms with E-state index in [1.807, 2.05) is 29.2 Å². The monoisotopic (exact) mass is 387 g/mol. The van der Waals surface area contributed by atoms with Gasteiger partial charge in [0.15, 0.2) is 11.5 Å². The minimum absolute atomic E-state index is 0.0776. The SMILES string of the molecule is O=C(Nc1ccc2c(c1)OCO2)N1CCN(CCc2ccc(Cl)cc2)CC1. The van der Waals surface area contributed by atoms with Crippen LogP contribution in [0, 0.1) is 0 Å². The molecule has 27 heavy (non-hydrogen) atoms. The first-order valence-electron chi connectivity index (χ1n) is 9.10. The van der Waals surface area contributed by atoms with E-state index in [4.69, 9.17) is 21.1 Å². The standard InChI is InChI=1S/C20H22ClN3O3/c21-16-3-1-15(2-4-16)7-8-23-9-11-24(12-10-23)20(25)22-17-5-6-18-19(13-17)27-14-26-18/h1-6,13H,7-12,14H2,(H,22,25). The predicted molar refractivity (Wildman–Crippen MR) is 105 cm³/mol. The van der Waals surface area contributed by atoms with Crippen molar-refractivity contribution in [2.24, 2.45) is 0 Å². The number of nitrogens with zero attached hydrogens (tertiary/aromatic N) is 2. The van der Waals surface area contributed by atoms with E-state index in [2.05, 4.69) is 22.3 Å². The van der Waals surface area contributed by atoms with E-state index >= 15 is 0 Å². The Kier molecular flexibility index (Phi) is 5.36. The quantitative estimate of drug-likeness (QED) is 0.872. The van der Waals surface area contributed by atoms with Crippen LogP contribution in [0.15, 0.2) is 42.5 Å². The molecule has 0 atom stereocenters. The second kappa shape index (κ2) is 8.06.